The highest BCUT2D eigenvalue weighted by atomic mass is 16.5. The van der Waals surface area contributed by atoms with Gasteiger partial charge in [-0.15, -0.1) is 0 Å². The Hall–Kier alpha value is -3.69. The summed E-state index contributed by atoms with van der Waals surface area (Å²) in [6, 6.07) is 5.06. The number of piperazine rings is 1. The van der Waals surface area contributed by atoms with Gasteiger partial charge in [-0.05, 0) is 49.8 Å². The molecule has 2 fully saturated rings. The molecule has 1 amide bonds. The molecule has 1 aliphatic carbocycles. The second kappa shape index (κ2) is 9.89. The van der Waals surface area contributed by atoms with Crippen molar-refractivity contribution in [1.82, 2.24) is 24.4 Å². The van der Waals surface area contributed by atoms with Gasteiger partial charge in [-0.1, -0.05) is 0 Å². The maximum Gasteiger partial charge on any atom is 0.328 e. The minimum absolute atomic E-state index is 0.00480. The average molecular weight is 479 g/mol. The fourth-order valence-corrected chi connectivity index (χ4v) is 5.24. The van der Waals surface area contributed by atoms with E-state index in [1.54, 1.807) is 43.9 Å². The normalized spacial score (nSPS) is 20.7. The van der Waals surface area contributed by atoms with Crippen LogP contribution in [0.2, 0.25) is 0 Å². The van der Waals surface area contributed by atoms with Crippen LogP contribution < -0.4 is 20.9 Å². The maximum absolute atomic E-state index is 13.1. The monoisotopic (exact) mass is 478 g/mol. The molecule has 5 rings (SSSR count). The summed E-state index contributed by atoms with van der Waals surface area (Å²) in [6.45, 7) is 3.22. The number of hydrogen-bond donors (Lipinski definition) is 1. The number of nitrogens with zero attached hydrogens (tertiary/aromatic N) is 5. The Balaban J connectivity index is 1.18. The van der Waals surface area contributed by atoms with Gasteiger partial charge in [0.25, 0.3) is 5.56 Å². The maximum atomic E-state index is 13.1. The molecular formula is C25H30N6O4. The SMILES string of the molecule is COc1ccc2[nH]c(=O)n(C[C@H]3CC[C@H](C(=O)N4CCN(c5cnccn5)CC4)CC3)c(=O)c2c1. The highest BCUT2D eigenvalue weighted by Crippen LogP contribution is 2.31. The van der Waals surface area contributed by atoms with Crippen LogP contribution in [0.25, 0.3) is 10.9 Å². The number of amides is 1. The van der Waals surface area contributed by atoms with Crippen molar-refractivity contribution in [2.24, 2.45) is 11.8 Å². The van der Waals surface area contributed by atoms with Crippen molar-refractivity contribution in [3.63, 3.8) is 0 Å². The molecule has 1 aliphatic heterocycles. The van der Waals surface area contributed by atoms with Gasteiger partial charge in [0.1, 0.15) is 11.6 Å². The van der Waals surface area contributed by atoms with Gasteiger partial charge in [-0.25, -0.2) is 9.78 Å². The van der Waals surface area contributed by atoms with Crippen LogP contribution in [-0.2, 0) is 11.3 Å². The summed E-state index contributed by atoms with van der Waals surface area (Å²) in [7, 11) is 1.54. The van der Waals surface area contributed by atoms with Gasteiger partial charge in [0.15, 0.2) is 0 Å². The number of H-pyrrole nitrogens is 1. The first-order chi connectivity index (χ1) is 17.0. The zero-order valence-corrected chi connectivity index (χ0v) is 19.9. The van der Waals surface area contributed by atoms with Gasteiger partial charge in [0.05, 0.1) is 24.2 Å². The van der Waals surface area contributed by atoms with Gasteiger partial charge in [-0.3, -0.25) is 19.1 Å². The van der Waals surface area contributed by atoms with E-state index in [2.05, 4.69) is 19.9 Å². The Kier molecular flexibility index (Phi) is 6.52. The summed E-state index contributed by atoms with van der Waals surface area (Å²) in [5, 5.41) is 0.438. The lowest BCUT2D eigenvalue weighted by Crippen LogP contribution is -2.51. The zero-order valence-electron chi connectivity index (χ0n) is 19.9. The summed E-state index contributed by atoms with van der Waals surface area (Å²) in [5.74, 6) is 1.83. The molecule has 2 aliphatic rings. The molecule has 0 bridgehead atoms. The lowest BCUT2D eigenvalue weighted by atomic mass is 9.81. The summed E-state index contributed by atoms with van der Waals surface area (Å²) in [6.07, 6.45) is 8.28. The molecule has 0 radical (unpaired) electrons. The fraction of sp³-hybridized carbons (Fsp3) is 0.480. The molecule has 0 unspecified atom stereocenters. The van der Waals surface area contributed by atoms with Crippen molar-refractivity contribution in [2.45, 2.75) is 32.2 Å². The Bertz CT molecular complexity index is 1310. The number of methoxy groups -OCH3 is 1. The molecule has 1 saturated carbocycles. The van der Waals surface area contributed by atoms with E-state index < -0.39 is 5.69 Å². The van der Waals surface area contributed by atoms with Crippen molar-refractivity contribution < 1.29 is 9.53 Å². The third-order valence-corrected chi connectivity index (χ3v) is 7.29. The number of aromatic amines is 1. The van der Waals surface area contributed by atoms with Crippen LogP contribution in [0.4, 0.5) is 5.82 Å². The van der Waals surface area contributed by atoms with Gasteiger partial charge in [-0.2, -0.15) is 0 Å². The standard InChI is InChI=1S/C25H30N6O4/c1-35-19-6-7-21-20(14-19)24(33)31(25(34)28-21)16-17-2-4-18(5-3-17)23(32)30-12-10-29(11-13-30)22-15-26-8-9-27-22/h6-9,14-15,17-18H,2-5,10-13,16H2,1H3,(H,28,34)/t17-,18-. The number of anilines is 1. The van der Waals surface area contributed by atoms with E-state index in [9.17, 15) is 14.4 Å². The number of carbonyl (C=O) groups excluding carboxylic acids is 1. The zero-order chi connectivity index (χ0) is 24.4. The number of nitrogens with one attached hydrogen (secondary N) is 1. The number of fused-ring (bicyclic) bond motifs is 1. The minimum atomic E-state index is -0.396. The first kappa shape index (κ1) is 23.1. The highest BCUT2D eigenvalue weighted by Gasteiger charge is 2.31. The van der Waals surface area contributed by atoms with E-state index in [0.717, 1.165) is 44.6 Å². The fourth-order valence-electron chi connectivity index (χ4n) is 5.24. The number of aromatic nitrogens is 4. The molecule has 1 N–H and O–H groups in total. The topological polar surface area (TPSA) is 113 Å². The first-order valence-corrected chi connectivity index (χ1v) is 12.1. The van der Waals surface area contributed by atoms with Crippen LogP contribution in [0.15, 0.2) is 46.4 Å². The van der Waals surface area contributed by atoms with Crippen LogP contribution >= 0.6 is 0 Å². The molecule has 35 heavy (non-hydrogen) atoms. The van der Waals surface area contributed by atoms with Crippen molar-refractivity contribution in [3.05, 3.63) is 57.6 Å². The third-order valence-electron chi connectivity index (χ3n) is 7.29. The first-order valence-electron chi connectivity index (χ1n) is 12.1. The Morgan fingerprint density at radius 2 is 1.86 bits per heavy atom. The molecule has 10 heteroatoms. The summed E-state index contributed by atoms with van der Waals surface area (Å²) in [5.41, 5.74) is -0.195. The van der Waals surface area contributed by atoms with Crippen molar-refractivity contribution in [2.75, 3.05) is 38.2 Å². The van der Waals surface area contributed by atoms with Gasteiger partial charge >= 0.3 is 5.69 Å². The number of carbonyl (C=O) groups is 1. The van der Waals surface area contributed by atoms with E-state index in [-0.39, 0.29) is 23.3 Å². The van der Waals surface area contributed by atoms with Gasteiger partial charge in [0, 0.05) is 51.0 Å². The van der Waals surface area contributed by atoms with Crippen LogP contribution in [0.3, 0.4) is 0 Å². The van der Waals surface area contributed by atoms with Crippen molar-refractivity contribution >= 4 is 22.6 Å². The van der Waals surface area contributed by atoms with Gasteiger partial charge < -0.3 is 19.5 Å². The summed E-state index contributed by atoms with van der Waals surface area (Å²) >= 11 is 0. The van der Waals surface area contributed by atoms with Crippen LogP contribution in [-0.4, -0.2) is 63.6 Å². The average Bonchev–Trinajstić information content (AvgIpc) is 2.91. The number of benzene rings is 1. The van der Waals surface area contributed by atoms with Crippen LogP contribution in [0.1, 0.15) is 25.7 Å². The quantitative estimate of drug-likeness (QED) is 0.593. The van der Waals surface area contributed by atoms with E-state index in [1.807, 2.05) is 4.90 Å². The predicted molar refractivity (Wildman–Crippen MR) is 132 cm³/mol. The molecular weight excluding hydrogens is 448 g/mol. The smallest absolute Gasteiger partial charge is 0.328 e. The Morgan fingerprint density at radius 1 is 1.09 bits per heavy atom. The van der Waals surface area contributed by atoms with E-state index in [1.165, 1.54) is 4.57 Å². The molecule has 3 heterocycles. The molecule has 184 valence electrons. The van der Waals surface area contributed by atoms with E-state index in [4.69, 9.17) is 4.74 Å². The second-order valence-electron chi connectivity index (χ2n) is 9.35. The molecule has 0 spiro atoms. The molecule has 0 atom stereocenters. The predicted octanol–water partition coefficient (Wildman–Crippen LogP) is 1.64. The molecule has 1 saturated heterocycles. The lowest BCUT2D eigenvalue weighted by molar-refractivity contribution is -0.137. The molecule has 3 aromatic rings. The molecule has 1 aromatic carbocycles. The summed E-state index contributed by atoms with van der Waals surface area (Å²) in [4.78, 5) is 54.1. The van der Waals surface area contributed by atoms with E-state index >= 15 is 0 Å². The van der Waals surface area contributed by atoms with Gasteiger partial charge in [0.2, 0.25) is 5.91 Å². The third kappa shape index (κ3) is 4.78. The summed E-state index contributed by atoms with van der Waals surface area (Å²) < 4.78 is 6.52. The number of rotatable bonds is 5. The second-order valence-corrected chi connectivity index (χ2v) is 9.35. The van der Waals surface area contributed by atoms with E-state index in [0.29, 0.717) is 36.3 Å². The minimum Gasteiger partial charge on any atom is -0.497 e. The highest BCUT2D eigenvalue weighted by molar-refractivity contribution is 5.79. The van der Waals surface area contributed by atoms with Crippen LogP contribution in [0.5, 0.6) is 5.75 Å². The number of ether oxygens (including phenoxy) is 1. The molecule has 10 nitrogen and oxygen atoms in total. The van der Waals surface area contributed by atoms with Crippen LogP contribution in [0, 0.1) is 11.8 Å². The Labute approximate surface area is 202 Å². The van der Waals surface area contributed by atoms with Crippen molar-refractivity contribution in [1.29, 1.82) is 0 Å². The number of hydrogen-bond acceptors (Lipinski definition) is 7. The largest absolute Gasteiger partial charge is 0.497 e. The lowest BCUT2D eigenvalue weighted by Gasteiger charge is -2.38. The molecule has 2 aromatic heterocycles. The van der Waals surface area contributed by atoms with Crippen molar-refractivity contribution in [3.8, 4) is 5.75 Å². The Morgan fingerprint density at radius 3 is 2.54 bits per heavy atom.